The number of carbonyl (C=O) groups is 1. The quantitative estimate of drug-likeness (QED) is 0.281. The van der Waals surface area contributed by atoms with E-state index >= 15 is 0 Å². The molecule has 4 fully saturated rings. The van der Waals surface area contributed by atoms with E-state index in [1.807, 2.05) is 20.8 Å². The van der Waals surface area contributed by atoms with Crippen molar-refractivity contribution < 1.29 is 14.1 Å². The molecule has 4 aliphatic rings. The molecule has 202 valence electrons. The van der Waals surface area contributed by atoms with Gasteiger partial charge in [0, 0.05) is 5.41 Å². The first-order chi connectivity index (χ1) is 16.5. The Morgan fingerprint density at radius 3 is 2.49 bits per heavy atom. The summed E-state index contributed by atoms with van der Waals surface area (Å²) in [6, 6.07) is 0. The maximum atomic E-state index is 12.1. The van der Waals surface area contributed by atoms with Gasteiger partial charge in [-0.05, 0) is 104 Å². The van der Waals surface area contributed by atoms with E-state index in [1.165, 1.54) is 64.2 Å². The second-order valence-corrected chi connectivity index (χ2v) is 15.6. The summed E-state index contributed by atoms with van der Waals surface area (Å²) in [5.41, 5.74) is 0.972. The van der Waals surface area contributed by atoms with Gasteiger partial charge in [0.1, 0.15) is 5.75 Å². The van der Waals surface area contributed by atoms with Crippen LogP contribution >= 0.6 is 0 Å². The molecule has 4 aliphatic carbocycles. The highest BCUT2D eigenvalue weighted by molar-refractivity contribution is 7.90. The van der Waals surface area contributed by atoms with Crippen LogP contribution in [0.3, 0.4) is 0 Å². The Kier molecular flexibility index (Phi) is 8.48. The highest BCUT2D eigenvalue weighted by Crippen LogP contribution is 2.69. The van der Waals surface area contributed by atoms with Crippen molar-refractivity contribution in [1.29, 1.82) is 0 Å². The van der Waals surface area contributed by atoms with E-state index in [9.17, 15) is 9.35 Å². The Morgan fingerprint density at radius 1 is 1.03 bits per heavy atom. The minimum absolute atomic E-state index is 0.0869. The molecule has 0 spiro atoms. The van der Waals surface area contributed by atoms with E-state index in [-0.39, 0.29) is 5.41 Å². The fourth-order valence-corrected chi connectivity index (χ4v) is 10.8. The average Bonchev–Trinajstić information content (AvgIpc) is 3.10. The van der Waals surface area contributed by atoms with Crippen LogP contribution in [-0.4, -0.2) is 23.0 Å². The van der Waals surface area contributed by atoms with Crippen LogP contribution in [-0.2, 0) is 16.1 Å². The molecule has 4 rings (SSSR count). The zero-order valence-corrected chi connectivity index (χ0v) is 24.3. The smallest absolute Gasteiger partial charge is 0.448 e. The fraction of sp³-hybridized carbons (Fsp3) is 0.967. The second kappa shape index (κ2) is 10.8. The molecule has 4 nitrogen and oxygen atoms in total. The molecule has 1 amide bonds. The summed E-state index contributed by atoms with van der Waals surface area (Å²) in [5.74, 6) is 5.89. The lowest BCUT2D eigenvalue weighted by Crippen LogP contribution is -2.55. The van der Waals surface area contributed by atoms with Crippen LogP contribution < -0.4 is 4.72 Å². The minimum atomic E-state index is -1.38. The van der Waals surface area contributed by atoms with Crippen molar-refractivity contribution in [2.75, 3.05) is 12.4 Å². The van der Waals surface area contributed by atoms with Gasteiger partial charge in [0.25, 0.3) is 0 Å². The summed E-state index contributed by atoms with van der Waals surface area (Å²) < 4.78 is 20.0. The predicted molar refractivity (Wildman–Crippen MR) is 145 cm³/mol. The molecule has 0 bridgehead atoms. The van der Waals surface area contributed by atoms with Gasteiger partial charge in [-0.2, -0.15) is 0 Å². The molecule has 0 aromatic heterocycles. The molecule has 0 aliphatic heterocycles. The molecule has 9 atom stereocenters. The summed E-state index contributed by atoms with van der Waals surface area (Å²) in [6.45, 7) is 14.3. The number of fused-ring (bicyclic) bond motifs is 5. The van der Waals surface area contributed by atoms with Gasteiger partial charge in [-0.1, -0.05) is 60.8 Å². The van der Waals surface area contributed by atoms with E-state index in [1.54, 1.807) is 0 Å². The summed E-state index contributed by atoms with van der Waals surface area (Å²) in [6.07, 6.45) is 15.9. The highest BCUT2D eigenvalue weighted by Gasteiger charge is 2.60. The number of ether oxygens (including phenoxy) is 1. The van der Waals surface area contributed by atoms with Crippen LogP contribution in [0.2, 0.25) is 0 Å². The van der Waals surface area contributed by atoms with Crippen LogP contribution in [0, 0.1) is 51.8 Å². The lowest BCUT2D eigenvalue weighted by molar-refractivity contribution is -0.135. The lowest BCUT2D eigenvalue weighted by Gasteiger charge is -2.62. The summed E-state index contributed by atoms with van der Waals surface area (Å²) >= 11 is -1.38. The van der Waals surface area contributed by atoms with Crippen LogP contribution in [0.4, 0.5) is 4.79 Å². The van der Waals surface area contributed by atoms with Gasteiger partial charge in [-0.25, -0.2) is 4.79 Å². The average molecular weight is 508 g/mol. The van der Waals surface area contributed by atoms with Crippen molar-refractivity contribution >= 4 is 17.5 Å². The van der Waals surface area contributed by atoms with Gasteiger partial charge >= 0.3 is 6.09 Å². The third kappa shape index (κ3) is 5.71. The van der Waals surface area contributed by atoms with Gasteiger partial charge in [0.05, 0.1) is 18.0 Å². The third-order valence-corrected chi connectivity index (χ3v) is 12.7. The maximum absolute atomic E-state index is 12.1. The Bertz CT molecular complexity index is 738. The van der Waals surface area contributed by atoms with Crippen molar-refractivity contribution in [3.8, 4) is 0 Å². The molecule has 0 aromatic carbocycles. The van der Waals surface area contributed by atoms with Crippen molar-refractivity contribution in [3.63, 3.8) is 0 Å². The highest BCUT2D eigenvalue weighted by atomic mass is 32.2. The van der Waals surface area contributed by atoms with Crippen LogP contribution in [0.25, 0.3) is 0 Å². The van der Waals surface area contributed by atoms with Crippen molar-refractivity contribution in [1.82, 2.24) is 4.72 Å². The second-order valence-electron chi connectivity index (χ2n) is 14.4. The SMILES string of the molecule is CC[C@H]1CC2C3CCC(CCCOC(=O)N[S+]([O-])CC(C)(C)C)C3(C)CCC2C2(C)CCCCC12. The van der Waals surface area contributed by atoms with Gasteiger partial charge in [-0.15, -0.1) is 4.72 Å². The maximum Gasteiger partial charge on any atom is 0.448 e. The van der Waals surface area contributed by atoms with Gasteiger partial charge in [0.2, 0.25) is 0 Å². The van der Waals surface area contributed by atoms with E-state index in [0.29, 0.717) is 23.2 Å². The monoisotopic (exact) mass is 507 g/mol. The molecular weight excluding hydrogens is 454 g/mol. The Morgan fingerprint density at radius 2 is 1.77 bits per heavy atom. The summed E-state index contributed by atoms with van der Waals surface area (Å²) in [4.78, 5) is 12.1. The molecule has 1 N–H and O–H groups in total. The normalized spacial score (nSPS) is 41.9. The van der Waals surface area contributed by atoms with E-state index in [2.05, 4.69) is 25.5 Å². The van der Waals surface area contributed by atoms with Gasteiger partial charge in [0.15, 0.2) is 0 Å². The number of hydrogen-bond acceptors (Lipinski definition) is 3. The lowest BCUT2D eigenvalue weighted by atomic mass is 9.42. The summed E-state index contributed by atoms with van der Waals surface area (Å²) in [7, 11) is 0. The van der Waals surface area contributed by atoms with Gasteiger partial charge in [-0.3, -0.25) is 0 Å². The summed E-state index contributed by atoms with van der Waals surface area (Å²) in [5, 5.41) is 0. The molecule has 4 saturated carbocycles. The molecular formula is C30H53NO3S. The van der Waals surface area contributed by atoms with E-state index in [0.717, 1.165) is 48.3 Å². The first kappa shape index (κ1) is 27.6. The molecule has 0 heterocycles. The van der Waals surface area contributed by atoms with Crippen LogP contribution in [0.5, 0.6) is 0 Å². The zero-order chi connectivity index (χ0) is 25.4. The Balaban J connectivity index is 1.30. The molecule has 5 heteroatoms. The fourth-order valence-electron chi connectivity index (χ4n) is 9.65. The Labute approximate surface area is 218 Å². The zero-order valence-electron chi connectivity index (χ0n) is 23.5. The topological polar surface area (TPSA) is 61.4 Å². The first-order valence-electron chi connectivity index (χ1n) is 14.8. The number of rotatable bonds is 7. The molecule has 8 unspecified atom stereocenters. The number of carbonyl (C=O) groups excluding carboxylic acids is 1. The molecule has 0 saturated heterocycles. The standard InChI is InChI=1S/C30H53NO3S/c1-7-21-19-23-25-14-13-22(11-10-18-34-27(32)31-35(33)20-28(2,3)4)29(25,5)17-15-26(23)30(6)16-9-8-12-24(21)30/h21-26H,7-20H2,1-6H3,(H,31,32)/t21-,22?,23?,24?,25?,26?,29?,30?,35?/m0/s1. The van der Waals surface area contributed by atoms with Crippen molar-refractivity contribution in [3.05, 3.63) is 0 Å². The molecule has 35 heavy (non-hydrogen) atoms. The number of amides is 1. The predicted octanol–water partition coefficient (Wildman–Crippen LogP) is 7.89. The van der Waals surface area contributed by atoms with Gasteiger partial charge < -0.3 is 9.29 Å². The van der Waals surface area contributed by atoms with Crippen molar-refractivity contribution in [2.45, 2.75) is 119 Å². The van der Waals surface area contributed by atoms with E-state index < -0.39 is 17.5 Å². The Hall–Kier alpha value is -0.420. The van der Waals surface area contributed by atoms with E-state index in [4.69, 9.17) is 4.74 Å². The third-order valence-electron chi connectivity index (χ3n) is 11.2. The first-order valence-corrected chi connectivity index (χ1v) is 16.1. The van der Waals surface area contributed by atoms with Crippen molar-refractivity contribution in [2.24, 2.45) is 51.8 Å². The number of hydrogen-bond donors (Lipinski definition) is 1. The number of nitrogens with one attached hydrogen (secondary N) is 1. The molecule has 0 aromatic rings. The minimum Gasteiger partial charge on any atom is -0.593 e. The van der Waals surface area contributed by atoms with Crippen LogP contribution in [0.1, 0.15) is 119 Å². The largest absolute Gasteiger partial charge is 0.593 e. The molecule has 0 radical (unpaired) electrons. The van der Waals surface area contributed by atoms with Crippen LogP contribution in [0.15, 0.2) is 0 Å².